The van der Waals surface area contributed by atoms with E-state index in [1.54, 1.807) is 24.3 Å². The number of amides is 1. The molecule has 0 saturated heterocycles. The highest BCUT2D eigenvalue weighted by molar-refractivity contribution is 6.35. The Morgan fingerprint density at radius 3 is 2.48 bits per heavy atom. The van der Waals surface area contributed by atoms with Gasteiger partial charge in [-0.1, -0.05) is 35.3 Å². The Labute approximate surface area is 167 Å². The van der Waals surface area contributed by atoms with E-state index in [1.807, 2.05) is 26.0 Å². The summed E-state index contributed by atoms with van der Waals surface area (Å²) < 4.78 is 0. The molecular formula is C20H17Cl2N3O2. The monoisotopic (exact) mass is 401 g/mol. The number of hydrogen-bond acceptors (Lipinski definition) is 4. The zero-order valence-electron chi connectivity index (χ0n) is 14.8. The summed E-state index contributed by atoms with van der Waals surface area (Å²) >= 11 is 12.3. The summed E-state index contributed by atoms with van der Waals surface area (Å²) in [6.45, 7) is 3.69. The minimum absolute atomic E-state index is 0.0518. The third kappa shape index (κ3) is 4.27. The number of aliphatic hydroxyl groups excluding tert-OH is 1. The number of nitrogens with one attached hydrogen (secondary N) is 1. The van der Waals surface area contributed by atoms with Gasteiger partial charge in [0.1, 0.15) is 0 Å². The van der Waals surface area contributed by atoms with Crippen molar-refractivity contribution in [1.29, 1.82) is 0 Å². The molecule has 3 aromatic rings. The molecule has 1 aromatic heterocycles. The van der Waals surface area contributed by atoms with Crippen molar-refractivity contribution < 1.29 is 9.90 Å². The summed E-state index contributed by atoms with van der Waals surface area (Å²) in [4.78, 5) is 12.7. The number of halogens is 2. The molecule has 138 valence electrons. The van der Waals surface area contributed by atoms with Crippen LogP contribution in [0.3, 0.4) is 0 Å². The molecule has 0 unspecified atom stereocenters. The number of hydrogen-bond donors (Lipinski definition) is 2. The van der Waals surface area contributed by atoms with Gasteiger partial charge in [-0.25, -0.2) is 0 Å². The molecule has 5 nitrogen and oxygen atoms in total. The van der Waals surface area contributed by atoms with E-state index >= 15 is 0 Å². The van der Waals surface area contributed by atoms with Crippen LogP contribution in [0.5, 0.6) is 0 Å². The predicted molar refractivity (Wildman–Crippen MR) is 107 cm³/mol. The molecule has 1 amide bonds. The van der Waals surface area contributed by atoms with Crippen LogP contribution in [0, 0.1) is 13.8 Å². The first-order valence-electron chi connectivity index (χ1n) is 8.19. The van der Waals surface area contributed by atoms with Gasteiger partial charge < -0.3 is 10.4 Å². The Hall–Kier alpha value is -2.47. The molecule has 0 aliphatic rings. The summed E-state index contributed by atoms with van der Waals surface area (Å²) in [6.07, 6.45) is 1.53. The highest BCUT2D eigenvalue weighted by atomic mass is 35.5. The second-order valence-corrected chi connectivity index (χ2v) is 7.01. The molecule has 0 radical (unpaired) electrons. The molecule has 0 aliphatic heterocycles. The number of aryl methyl sites for hydroxylation is 2. The largest absolute Gasteiger partial charge is 0.392 e. The van der Waals surface area contributed by atoms with E-state index in [-0.39, 0.29) is 18.2 Å². The summed E-state index contributed by atoms with van der Waals surface area (Å²) in [6, 6.07) is 10.4. The van der Waals surface area contributed by atoms with Gasteiger partial charge in [0.2, 0.25) is 0 Å². The molecule has 0 spiro atoms. The average molecular weight is 402 g/mol. The van der Waals surface area contributed by atoms with E-state index in [0.29, 0.717) is 26.9 Å². The number of carbonyl (C=O) groups excluding carboxylic acids is 1. The Balaban J connectivity index is 1.92. The standard InChI is InChI=1S/C20H17Cl2N3O2/c1-11-5-13(10-26)6-12(2)19(11)24-20(27)18-7-14(9-23-25-18)16-8-15(21)3-4-17(16)22/h3-9,26H,10H2,1-2H3,(H,24,27). The lowest BCUT2D eigenvalue weighted by molar-refractivity contribution is 0.102. The van der Waals surface area contributed by atoms with Crippen molar-refractivity contribution in [3.63, 3.8) is 0 Å². The Bertz CT molecular complexity index is 999. The molecule has 0 bridgehead atoms. The van der Waals surface area contributed by atoms with Gasteiger partial charge in [0.15, 0.2) is 5.69 Å². The molecule has 27 heavy (non-hydrogen) atoms. The molecule has 0 aliphatic carbocycles. The summed E-state index contributed by atoms with van der Waals surface area (Å²) in [5, 5.41) is 21.0. The van der Waals surface area contributed by atoms with Crippen molar-refractivity contribution in [2.24, 2.45) is 0 Å². The summed E-state index contributed by atoms with van der Waals surface area (Å²) in [5.41, 5.74) is 4.67. The lowest BCUT2D eigenvalue weighted by atomic mass is 10.0. The number of carbonyl (C=O) groups is 1. The molecule has 2 aromatic carbocycles. The van der Waals surface area contributed by atoms with Crippen molar-refractivity contribution >= 4 is 34.8 Å². The van der Waals surface area contributed by atoms with Gasteiger partial charge in [0, 0.05) is 26.9 Å². The van der Waals surface area contributed by atoms with Gasteiger partial charge >= 0.3 is 0 Å². The fourth-order valence-corrected chi connectivity index (χ4v) is 3.26. The van der Waals surface area contributed by atoms with Crippen LogP contribution in [-0.2, 0) is 6.61 Å². The summed E-state index contributed by atoms with van der Waals surface area (Å²) in [7, 11) is 0. The van der Waals surface area contributed by atoms with E-state index < -0.39 is 0 Å². The highest BCUT2D eigenvalue weighted by Crippen LogP contribution is 2.30. The van der Waals surface area contributed by atoms with E-state index in [4.69, 9.17) is 23.2 Å². The average Bonchev–Trinajstić information content (AvgIpc) is 2.66. The zero-order chi connectivity index (χ0) is 19.6. The number of anilines is 1. The maximum Gasteiger partial charge on any atom is 0.276 e. The van der Waals surface area contributed by atoms with E-state index in [1.165, 1.54) is 6.20 Å². The normalized spacial score (nSPS) is 10.7. The van der Waals surface area contributed by atoms with Crippen LogP contribution in [0.1, 0.15) is 27.2 Å². The van der Waals surface area contributed by atoms with Gasteiger partial charge in [-0.05, 0) is 54.8 Å². The second kappa shape index (κ2) is 8.05. The molecule has 0 atom stereocenters. The van der Waals surface area contributed by atoms with Crippen LogP contribution in [0.15, 0.2) is 42.6 Å². The predicted octanol–water partition coefficient (Wildman–Crippen LogP) is 4.81. The van der Waals surface area contributed by atoms with E-state index in [2.05, 4.69) is 15.5 Å². The van der Waals surface area contributed by atoms with Crippen molar-refractivity contribution in [1.82, 2.24) is 10.2 Å². The molecule has 0 fully saturated rings. The molecule has 3 rings (SSSR count). The summed E-state index contributed by atoms with van der Waals surface area (Å²) in [5.74, 6) is -0.384. The molecule has 1 heterocycles. The minimum Gasteiger partial charge on any atom is -0.392 e. The third-order valence-electron chi connectivity index (χ3n) is 4.14. The van der Waals surface area contributed by atoms with Crippen molar-refractivity contribution in [2.75, 3.05) is 5.32 Å². The third-order valence-corrected chi connectivity index (χ3v) is 4.70. The Morgan fingerprint density at radius 2 is 1.81 bits per heavy atom. The van der Waals surface area contributed by atoms with Crippen molar-refractivity contribution in [3.8, 4) is 11.1 Å². The lowest BCUT2D eigenvalue weighted by Gasteiger charge is -2.13. The SMILES string of the molecule is Cc1cc(CO)cc(C)c1NC(=O)c1cc(-c2cc(Cl)ccc2Cl)cnn1. The second-order valence-electron chi connectivity index (χ2n) is 6.17. The number of rotatable bonds is 4. The van der Waals surface area contributed by atoms with Gasteiger partial charge in [-0.3, -0.25) is 4.79 Å². The number of nitrogens with zero attached hydrogens (tertiary/aromatic N) is 2. The minimum atomic E-state index is -0.384. The number of aliphatic hydroxyl groups is 1. The quantitative estimate of drug-likeness (QED) is 0.657. The highest BCUT2D eigenvalue weighted by Gasteiger charge is 2.15. The maximum atomic E-state index is 12.7. The van der Waals surface area contributed by atoms with Crippen molar-refractivity contribution in [3.05, 3.63) is 75.0 Å². The molecular weight excluding hydrogens is 385 g/mol. The van der Waals surface area contributed by atoms with Gasteiger partial charge in [0.05, 0.1) is 12.8 Å². The molecule has 7 heteroatoms. The van der Waals surface area contributed by atoms with Crippen LogP contribution in [-0.4, -0.2) is 21.2 Å². The Kier molecular flexibility index (Phi) is 5.75. The first-order valence-corrected chi connectivity index (χ1v) is 8.95. The van der Waals surface area contributed by atoms with Crippen LogP contribution in [0.4, 0.5) is 5.69 Å². The van der Waals surface area contributed by atoms with Crippen LogP contribution in [0.2, 0.25) is 10.0 Å². The van der Waals surface area contributed by atoms with Gasteiger partial charge in [0.25, 0.3) is 5.91 Å². The molecule has 0 saturated carbocycles. The van der Waals surface area contributed by atoms with Crippen LogP contribution in [0.25, 0.3) is 11.1 Å². The topological polar surface area (TPSA) is 75.1 Å². The first-order chi connectivity index (χ1) is 12.9. The maximum absolute atomic E-state index is 12.7. The van der Waals surface area contributed by atoms with Crippen molar-refractivity contribution in [2.45, 2.75) is 20.5 Å². The lowest BCUT2D eigenvalue weighted by Crippen LogP contribution is -2.16. The van der Waals surface area contributed by atoms with E-state index in [9.17, 15) is 9.90 Å². The fraction of sp³-hybridized carbons (Fsp3) is 0.150. The first kappa shape index (κ1) is 19.3. The van der Waals surface area contributed by atoms with Crippen LogP contribution >= 0.6 is 23.2 Å². The van der Waals surface area contributed by atoms with Gasteiger partial charge in [-0.15, -0.1) is 5.10 Å². The number of aromatic nitrogens is 2. The fourth-order valence-electron chi connectivity index (χ4n) is 2.86. The van der Waals surface area contributed by atoms with Gasteiger partial charge in [-0.2, -0.15) is 5.10 Å². The number of benzene rings is 2. The van der Waals surface area contributed by atoms with Crippen LogP contribution < -0.4 is 5.32 Å². The zero-order valence-corrected chi connectivity index (χ0v) is 16.3. The van der Waals surface area contributed by atoms with E-state index in [0.717, 1.165) is 16.7 Å². The smallest absolute Gasteiger partial charge is 0.276 e. The Morgan fingerprint density at radius 1 is 1.11 bits per heavy atom. The molecule has 2 N–H and O–H groups in total.